The Bertz CT molecular complexity index is 430. The molecular weight excluding hydrogens is 287 g/mol. The SMILES string of the molecule is CCOC(=O)C[C@H](N)c1c(F)ccc(Cl)c1F.Cl. The number of hydrogen-bond acceptors (Lipinski definition) is 3. The van der Waals surface area contributed by atoms with Gasteiger partial charge in [0.05, 0.1) is 18.1 Å². The van der Waals surface area contributed by atoms with Crippen LogP contribution in [-0.2, 0) is 9.53 Å². The second-order valence-corrected chi connectivity index (χ2v) is 3.78. The predicted molar refractivity (Wildman–Crippen MR) is 66.8 cm³/mol. The fourth-order valence-corrected chi connectivity index (χ4v) is 1.55. The van der Waals surface area contributed by atoms with Gasteiger partial charge in [0.1, 0.15) is 11.6 Å². The number of benzene rings is 1. The number of carbonyl (C=O) groups is 1. The van der Waals surface area contributed by atoms with E-state index in [0.29, 0.717) is 0 Å². The molecular formula is C11H13Cl2F2NO2. The average molecular weight is 300 g/mol. The van der Waals surface area contributed by atoms with Gasteiger partial charge in [-0.05, 0) is 19.1 Å². The maximum Gasteiger partial charge on any atom is 0.307 e. The predicted octanol–water partition coefficient (Wildman–Crippen LogP) is 2.99. The molecule has 102 valence electrons. The van der Waals surface area contributed by atoms with Gasteiger partial charge in [0.2, 0.25) is 0 Å². The first-order valence-corrected chi connectivity index (χ1v) is 5.39. The van der Waals surface area contributed by atoms with Crippen LogP contribution in [0.4, 0.5) is 8.78 Å². The van der Waals surface area contributed by atoms with E-state index in [2.05, 4.69) is 4.74 Å². The van der Waals surface area contributed by atoms with E-state index in [-0.39, 0.29) is 30.5 Å². The third-order valence-electron chi connectivity index (χ3n) is 2.14. The van der Waals surface area contributed by atoms with Crippen molar-refractivity contribution in [3.05, 3.63) is 34.4 Å². The van der Waals surface area contributed by atoms with Crippen LogP contribution >= 0.6 is 24.0 Å². The zero-order chi connectivity index (χ0) is 13.0. The highest BCUT2D eigenvalue weighted by Gasteiger charge is 2.21. The molecule has 7 heteroatoms. The molecule has 2 N–H and O–H groups in total. The second-order valence-electron chi connectivity index (χ2n) is 3.37. The maximum absolute atomic E-state index is 13.5. The Kier molecular flexibility index (Phi) is 7.13. The Balaban J connectivity index is 0.00000289. The molecule has 0 aliphatic rings. The molecule has 1 atom stereocenters. The number of hydrogen-bond donors (Lipinski definition) is 1. The van der Waals surface area contributed by atoms with Crippen LogP contribution in [-0.4, -0.2) is 12.6 Å². The Morgan fingerprint density at radius 1 is 1.50 bits per heavy atom. The van der Waals surface area contributed by atoms with E-state index in [1.54, 1.807) is 6.92 Å². The van der Waals surface area contributed by atoms with Crippen LogP contribution in [0.2, 0.25) is 5.02 Å². The molecule has 1 aromatic carbocycles. The van der Waals surface area contributed by atoms with Crippen LogP contribution in [0.3, 0.4) is 0 Å². The van der Waals surface area contributed by atoms with E-state index >= 15 is 0 Å². The quantitative estimate of drug-likeness (QED) is 0.687. The van der Waals surface area contributed by atoms with E-state index < -0.39 is 29.2 Å². The fraction of sp³-hybridized carbons (Fsp3) is 0.364. The Morgan fingerprint density at radius 2 is 2.11 bits per heavy atom. The standard InChI is InChI=1S/C11H12ClF2NO2.ClH/c1-2-17-9(16)5-8(15)10-7(13)4-3-6(12)11(10)14;/h3-4,8H,2,5,15H2,1H3;1H/t8-;/m0./s1. The van der Waals surface area contributed by atoms with Crippen molar-refractivity contribution in [2.75, 3.05) is 6.61 Å². The minimum absolute atomic E-state index is 0. The first-order valence-electron chi connectivity index (χ1n) is 5.02. The van der Waals surface area contributed by atoms with Gasteiger partial charge >= 0.3 is 5.97 Å². The lowest BCUT2D eigenvalue weighted by atomic mass is 10.0. The van der Waals surface area contributed by atoms with Crippen molar-refractivity contribution in [3.8, 4) is 0 Å². The summed E-state index contributed by atoms with van der Waals surface area (Å²) >= 11 is 5.51. The van der Waals surface area contributed by atoms with Gasteiger partial charge in [0, 0.05) is 11.6 Å². The van der Waals surface area contributed by atoms with Gasteiger partial charge in [-0.15, -0.1) is 12.4 Å². The first kappa shape index (κ1) is 17.1. The van der Waals surface area contributed by atoms with Gasteiger partial charge in [-0.1, -0.05) is 11.6 Å². The minimum atomic E-state index is -1.12. The molecule has 0 saturated carbocycles. The second kappa shape index (κ2) is 7.51. The van der Waals surface area contributed by atoms with E-state index in [9.17, 15) is 13.6 Å². The number of rotatable bonds is 4. The molecule has 0 radical (unpaired) electrons. The van der Waals surface area contributed by atoms with Gasteiger partial charge in [0.25, 0.3) is 0 Å². The number of nitrogens with two attached hydrogens (primary N) is 1. The van der Waals surface area contributed by atoms with Crippen LogP contribution in [0.15, 0.2) is 12.1 Å². The topological polar surface area (TPSA) is 52.3 Å². The van der Waals surface area contributed by atoms with Gasteiger partial charge in [-0.3, -0.25) is 4.79 Å². The summed E-state index contributed by atoms with van der Waals surface area (Å²) in [6, 6.07) is 0.978. The van der Waals surface area contributed by atoms with Crippen molar-refractivity contribution < 1.29 is 18.3 Å². The summed E-state index contributed by atoms with van der Waals surface area (Å²) in [5.41, 5.74) is 5.16. The molecule has 0 fully saturated rings. The van der Waals surface area contributed by atoms with E-state index in [1.807, 2.05) is 0 Å². The zero-order valence-electron chi connectivity index (χ0n) is 9.58. The Labute approximate surface area is 115 Å². The van der Waals surface area contributed by atoms with Crippen LogP contribution in [0.1, 0.15) is 24.9 Å². The molecule has 0 amide bonds. The third kappa shape index (κ3) is 4.08. The first-order chi connectivity index (χ1) is 7.97. The monoisotopic (exact) mass is 299 g/mol. The molecule has 0 bridgehead atoms. The summed E-state index contributed by atoms with van der Waals surface area (Å²) in [4.78, 5) is 11.2. The van der Waals surface area contributed by atoms with Gasteiger partial charge in [-0.25, -0.2) is 8.78 Å². The van der Waals surface area contributed by atoms with Crippen molar-refractivity contribution in [1.29, 1.82) is 0 Å². The van der Waals surface area contributed by atoms with Crippen molar-refractivity contribution in [2.45, 2.75) is 19.4 Å². The largest absolute Gasteiger partial charge is 0.466 e. The Hall–Kier alpha value is -0.910. The van der Waals surface area contributed by atoms with Gasteiger partial charge in [0.15, 0.2) is 0 Å². The van der Waals surface area contributed by atoms with Crippen molar-refractivity contribution in [2.24, 2.45) is 5.73 Å². The smallest absolute Gasteiger partial charge is 0.307 e. The summed E-state index contributed by atoms with van der Waals surface area (Å²) in [7, 11) is 0. The summed E-state index contributed by atoms with van der Waals surface area (Å²) in [5, 5.41) is -0.235. The van der Waals surface area contributed by atoms with Gasteiger partial charge < -0.3 is 10.5 Å². The molecule has 0 spiro atoms. The summed E-state index contributed by atoms with van der Waals surface area (Å²) < 4.78 is 31.6. The molecule has 0 unspecified atom stereocenters. The maximum atomic E-state index is 13.5. The molecule has 0 heterocycles. The highest BCUT2D eigenvalue weighted by Crippen LogP contribution is 2.26. The lowest BCUT2D eigenvalue weighted by molar-refractivity contribution is -0.143. The lowest BCUT2D eigenvalue weighted by Gasteiger charge is -2.13. The summed E-state index contributed by atoms with van der Waals surface area (Å²) in [5.74, 6) is -2.38. The average Bonchev–Trinajstić information content (AvgIpc) is 2.24. The Morgan fingerprint density at radius 3 is 2.67 bits per heavy atom. The van der Waals surface area contributed by atoms with Crippen LogP contribution in [0, 0.1) is 11.6 Å². The summed E-state index contributed by atoms with van der Waals surface area (Å²) in [6.45, 7) is 1.82. The van der Waals surface area contributed by atoms with Crippen LogP contribution < -0.4 is 5.73 Å². The van der Waals surface area contributed by atoms with E-state index in [4.69, 9.17) is 17.3 Å². The van der Waals surface area contributed by atoms with Crippen LogP contribution in [0.25, 0.3) is 0 Å². The number of esters is 1. The molecule has 0 aromatic heterocycles. The normalized spacial score (nSPS) is 11.6. The zero-order valence-corrected chi connectivity index (χ0v) is 11.2. The van der Waals surface area contributed by atoms with Crippen LogP contribution in [0.5, 0.6) is 0 Å². The van der Waals surface area contributed by atoms with E-state index in [0.717, 1.165) is 12.1 Å². The number of ether oxygens (including phenoxy) is 1. The van der Waals surface area contributed by atoms with Crippen molar-refractivity contribution in [1.82, 2.24) is 0 Å². The third-order valence-corrected chi connectivity index (χ3v) is 2.43. The van der Waals surface area contributed by atoms with Crippen molar-refractivity contribution in [3.63, 3.8) is 0 Å². The fourth-order valence-electron chi connectivity index (χ4n) is 1.38. The summed E-state index contributed by atoms with van der Waals surface area (Å²) in [6.07, 6.45) is -0.304. The molecule has 1 aromatic rings. The molecule has 1 rings (SSSR count). The molecule has 0 aliphatic heterocycles. The number of halogens is 4. The number of carbonyl (C=O) groups excluding carboxylic acids is 1. The van der Waals surface area contributed by atoms with Crippen molar-refractivity contribution >= 4 is 30.0 Å². The molecule has 3 nitrogen and oxygen atoms in total. The lowest BCUT2D eigenvalue weighted by Crippen LogP contribution is -2.20. The van der Waals surface area contributed by atoms with Gasteiger partial charge in [-0.2, -0.15) is 0 Å². The highest BCUT2D eigenvalue weighted by molar-refractivity contribution is 6.30. The highest BCUT2D eigenvalue weighted by atomic mass is 35.5. The van der Waals surface area contributed by atoms with E-state index in [1.165, 1.54) is 0 Å². The molecule has 18 heavy (non-hydrogen) atoms. The molecule has 0 aliphatic carbocycles. The minimum Gasteiger partial charge on any atom is -0.466 e. The molecule has 0 saturated heterocycles.